The normalized spacial score (nSPS) is 17.1. The molecule has 2 heteroatoms. The van der Waals surface area contributed by atoms with Crippen LogP contribution in [-0.4, -0.2) is 31.1 Å². The van der Waals surface area contributed by atoms with Crippen LogP contribution in [0.25, 0.3) is 0 Å². The summed E-state index contributed by atoms with van der Waals surface area (Å²) in [4.78, 5) is 2.61. The van der Waals surface area contributed by atoms with E-state index in [2.05, 4.69) is 44.7 Å². The van der Waals surface area contributed by atoms with E-state index in [-0.39, 0.29) is 0 Å². The number of hydrogen-bond donors (Lipinski definition) is 0. The molecule has 1 heterocycles. The molecule has 2 nitrogen and oxygen atoms in total. The summed E-state index contributed by atoms with van der Waals surface area (Å²) >= 11 is 0. The summed E-state index contributed by atoms with van der Waals surface area (Å²) in [5.74, 6) is 2.00. The first-order chi connectivity index (χ1) is 10.1. The molecule has 1 aromatic rings. The minimum Gasteiger partial charge on any atom is -0.493 e. The van der Waals surface area contributed by atoms with Crippen LogP contribution in [0.5, 0.6) is 5.75 Å². The zero-order valence-electron chi connectivity index (χ0n) is 14.2. The van der Waals surface area contributed by atoms with E-state index in [1.165, 1.54) is 55.6 Å². The van der Waals surface area contributed by atoms with E-state index in [4.69, 9.17) is 4.74 Å². The minimum absolute atomic E-state index is 0.841. The Kier molecular flexibility index (Phi) is 6.10. The first-order valence-corrected chi connectivity index (χ1v) is 8.49. The van der Waals surface area contributed by atoms with Gasteiger partial charge in [-0.25, -0.2) is 0 Å². The van der Waals surface area contributed by atoms with Crippen LogP contribution >= 0.6 is 0 Å². The van der Waals surface area contributed by atoms with Crippen LogP contribution in [0.3, 0.4) is 0 Å². The summed E-state index contributed by atoms with van der Waals surface area (Å²) in [5, 5.41) is 0. The number of ether oxygens (including phenoxy) is 1. The number of unbranched alkanes of at least 4 members (excludes halogenated alkanes) is 1. The Morgan fingerprint density at radius 3 is 2.52 bits per heavy atom. The number of nitrogens with zero attached hydrogens (tertiary/aromatic N) is 1. The van der Waals surface area contributed by atoms with E-state index in [9.17, 15) is 0 Å². The van der Waals surface area contributed by atoms with Gasteiger partial charge in [0.25, 0.3) is 0 Å². The molecule has 1 aliphatic rings. The Bertz CT molecular complexity index is 447. The van der Waals surface area contributed by atoms with Crippen LogP contribution in [0.2, 0.25) is 0 Å². The molecular weight excluding hydrogens is 258 g/mol. The average molecular weight is 289 g/mol. The van der Waals surface area contributed by atoms with Crippen LogP contribution in [0.4, 0.5) is 0 Å². The molecule has 0 radical (unpaired) electrons. The Balaban J connectivity index is 1.66. The minimum atomic E-state index is 0.841. The van der Waals surface area contributed by atoms with E-state index in [0.717, 1.165) is 24.7 Å². The second-order valence-corrected chi connectivity index (χ2v) is 6.78. The lowest BCUT2D eigenvalue weighted by Crippen LogP contribution is -2.33. The SMILES string of the molecule is Cc1cc(C)c(C)c(OCCCCN2CCC(C)CC2)c1. The molecule has 0 unspecified atom stereocenters. The number of hydrogen-bond acceptors (Lipinski definition) is 2. The van der Waals surface area contributed by atoms with Crippen molar-refractivity contribution in [1.82, 2.24) is 4.90 Å². The van der Waals surface area contributed by atoms with Crippen molar-refractivity contribution in [3.05, 3.63) is 28.8 Å². The Morgan fingerprint density at radius 1 is 1.10 bits per heavy atom. The maximum absolute atomic E-state index is 5.99. The molecule has 1 saturated heterocycles. The Morgan fingerprint density at radius 2 is 1.81 bits per heavy atom. The van der Waals surface area contributed by atoms with Gasteiger partial charge in [0, 0.05) is 0 Å². The van der Waals surface area contributed by atoms with Gasteiger partial charge in [-0.2, -0.15) is 0 Å². The Labute approximate surface area is 130 Å². The van der Waals surface area contributed by atoms with Gasteiger partial charge in [-0.05, 0) is 94.8 Å². The topological polar surface area (TPSA) is 12.5 Å². The predicted molar refractivity (Wildman–Crippen MR) is 90.2 cm³/mol. The third-order valence-electron chi connectivity index (χ3n) is 4.77. The summed E-state index contributed by atoms with van der Waals surface area (Å²) in [7, 11) is 0. The molecule has 1 aliphatic heterocycles. The fraction of sp³-hybridized carbons (Fsp3) is 0.684. The molecule has 0 spiro atoms. The zero-order valence-corrected chi connectivity index (χ0v) is 14.2. The highest BCUT2D eigenvalue weighted by atomic mass is 16.5. The van der Waals surface area contributed by atoms with E-state index >= 15 is 0 Å². The Hall–Kier alpha value is -1.02. The molecule has 0 N–H and O–H groups in total. The molecule has 0 saturated carbocycles. The van der Waals surface area contributed by atoms with E-state index in [0.29, 0.717) is 0 Å². The monoisotopic (exact) mass is 289 g/mol. The van der Waals surface area contributed by atoms with Crippen LogP contribution in [0.15, 0.2) is 12.1 Å². The first kappa shape index (κ1) is 16.4. The van der Waals surface area contributed by atoms with Gasteiger partial charge in [-0.1, -0.05) is 13.0 Å². The molecule has 1 aromatic carbocycles. The molecule has 0 aliphatic carbocycles. The zero-order chi connectivity index (χ0) is 15.2. The number of piperidine rings is 1. The fourth-order valence-electron chi connectivity index (χ4n) is 3.06. The second kappa shape index (κ2) is 7.84. The third-order valence-corrected chi connectivity index (χ3v) is 4.77. The largest absolute Gasteiger partial charge is 0.493 e. The van der Waals surface area contributed by atoms with Gasteiger partial charge in [0.1, 0.15) is 5.75 Å². The average Bonchev–Trinajstić information content (AvgIpc) is 2.45. The van der Waals surface area contributed by atoms with Crippen molar-refractivity contribution < 1.29 is 4.74 Å². The molecule has 0 amide bonds. The van der Waals surface area contributed by atoms with E-state index in [1.807, 2.05) is 0 Å². The maximum atomic E-state index is 5.99. The van der Waals surface area contributed by atoms with Crippen molar-refractivity contribution in [2.24, 2.45) is 5.92 Å². The smallest absolute Gasteiger partial charge is 0.122 e. The van der Waals surface area contributed by atoms with Crippen LogP contribution in [0.1, 0.15) is 49.3 Å². The lowest BCUT2D eigenvalue weighted by atomic mass is 9.99. The standard InChI is InChI=1S/C19H31NO/c1-15-7-10-20(11-8-15)9-5-6-12-21-19-14-16(2)13-17(3)18(19)4/h13-15H,5-12H2,1-4H3. The summed E-state index contributed by atoms with van der Waals surface area (Å²) in [6, 6.07) is 4.38. The summed E-state index contributed by atoms with van der Waals surface area (Å²) in [6.07, 6.45) is 5.15. The summed E-state index contributed by atoms with van der Waals surface area (Å²) in [6.45, 7) is 13.5. The van der Waals surface area contributed by atoms with Crippen molar-refractivity contribution in [3.63, 3.8) is 0 Å². The van der Waals surface area contributed by atoms with E-state index < -0.39 is 0 Å². The lowest BCUT2D eigenvalue weighted by Gasteiger charge is -2.30. The van der Waals surface area contributed by atoms with Crippen molar-refractivity contribution in [2.45, 2.75) is 53.4 Å². The van der Waals surface area contributed by atoms with Gasteiger partial charge in [0.15, 0.2) is 0 Å². The van der Waals surface area contributed by atoms with Gasteiger partial charge in [0.05, 0.1) is 6.61 Å². The molecule has 0 bridgehead atoms. The van der Waals surface area contributed by atoms with Gasteiger partial charge in [-0.15, -0.1) is 0 Å². The molecule has 118 valence electrons. The van der Waals surface area contributed by atoms with Crippen LogP contribution < -0.4 is 4.74 Å². The van der Waals surface area contributed by atoms with Crippen molar-refractivity contribution in [2.75, 3.05) is 26.2 Å². The number of aryl methyl sites for hydroxylation is 2. The number of benzene rings is 1. The molecule has 0 atom stereocenters. The summed E-state index contributed by atoms with van der Waals surface area (Å²) in [5.41, 5.74) is 3.90. The highest BCUT2D eigenvalue weighted by Gasteiger charge is 2.14. The first-order valence-electron chi connectivity index (χ1n) is 8.49. The molecule has 21 heavy (non-hydrogen) atoms. The number of rotatable bonds is 6. The molecular formula is C19H31NO. The van der Waals surface area contributed by atoms with Crippen molar-refractivity contribution >= 4 is 0 Å². The van der Waals surface area contributed by atoms with Gasteiger partial charge < -0.3 is 9.64 Å². The van der Waals surface area contributed by atoms with Crippen molar-refractivity contribution in [3.8, 4) is 5.75 Å². The van der Waals surface area contributed by atoms with Crippen LogP contribution in [-0.2, 0) is 0 Å². The summed E-state index contributed by atoms with van der Waals surface area (Å²) < 4.78 is 5.99. The third kappa shape index (κ3) is 5.03. The second-order valence-electron chi connectivity index (χ2n) is 6.78. The van der Waals surface area contributed by atoms with Gasteiger partial charge in [-0.3, -0.25) is 0 Å². The quantitative estimate of drug-likeness (QED) is 0.715. The highest BCUT2D eigenvalue weighted by molar-refractivity contribution is 5.41. The van der Waals surface area contributed by atoms with Gasteiger partial charge >= 0.3 is 0 Å². The van der Waals surface area contributed by atoms with Crippen molar-refractivity contribution in [1.29, 1.82) is 0 Å². The van der Waals surface area contributed by atoms with Crippen LogP contribution in [0, 0.1) is 26.7 Å². The van der Waals surface area contributed by atoms with E-state index in [1.54, 1.807) is 0 Å². The molecule has 0 aromatic heterocycles. The maximum Gasteiger partial charge on any atom is 0.122 e. The molecule has 1 fully saturated rings. The molecule has 2 rings (SSSR count). The highest BCUT2D eigenvalue weighted by Crippen LogP contribution is 2.23. The van der Waals surface area contributed by atoms with Gasteiger partial charge in [0.2, 0.25) is 0 Å². The number of likely N-dealkylation sites (tertiary alicyclic amines) is 1. The lowest BCUT2D eigenvalue weighted by molar-refractivity contribution is 0.184. The fourth-order valence-corrected chi connectivity index (χ4v) is 3.06. The predicted octanol–water partition coefficient (Wildman–Crippen LogP) is 4.50.